The van der Waals surface area contributed by atoms with Crippen LogP contribution in [0.2, 0.25) is 0 Å². The van der Waals surface area contributed by atoms with Crippen molar-refractivity contribution in [2.24, 2.45) is 11.8 Å². The summed E-state index contributed by atoms with van der Waals surface area (Å²) in [5.41, 5.74) is 0. The van der Waals surface area contributed by atoms with Crippen molar-refractivity contribution in [3.63, 3.8) is 0 Å². The molecule has 0 radical (unpaired) electrons. The molecule has 0 unspecified atom stereocenters. The van der Waals surface area contributed by atoms with Gasteiger partial charge in [-0.2, -0.15) is 0 Å². The zero-order chi connectivity index (χ0) is 7.68. The SMILES string of the molecule is C[C@H]1CC[C@@H](NCC2CC2)C1. The highest BCUT2D eigenvalue weighted by atomic mass is 14.9. The van der Waals surface area contributed by atoms with E-state index in [1.165, 1.54) is 38.6 Å². The Kier molecular flexibility index (Phi) is 2.17. The van der Waals surface area contributed by atoms with E-state index in [0.29, 0.717) is 0 Å². The van der Waals surface area contributed by atoms with Gasteiger partial charge in [-0.3, -0.25) is 0 Å². The Hall–Kier alpha value is -0.0400. The van der Waals surface area contributed by atoms with E-state index in [1.54, 1.807) is 0 Å². The number of hydrogen-bond donors (Lipinski definition) is 1. The molecule has 2 fully saturated rings. The van der Waals surface area contributed by atoms with E-state index in [4.69, 9.17) is 0 Å². The van der Waals surface area contributed by atoms with E-state index in [0.717, 1.165) is 17.9 Å². The molecule has 1 N–H and O–H groups in total. The second-order valence-corrected chi connectivity index (χ2v) is 4.47. The van der Waals surface area contributed by atoms with Crippen LogP contribution in [0.25, 0.3) is 0 Å². The molecule has 0 saturated heterocycles. The van der Waals surface area contributed by atoms with Gasteiger partial charge in [0.25, 0.3) is 0 Å². The number of hydrogen-bond acceptors (Lipinski definition) is 1. The molecule has 0 aliphatic heterocycles. The predicted molar refractivity (Wildman–Crippen MR) is 47.5 cm³/mol. The van der Waals surface area contributed by atoms with Crippen molar-refractivity contribution < 1.29 is 0 Å². The van der Waals surface area contributed by atoms with Gasteiger partial charge in [-0.15, -0.1) is 0 Å². The van der Waals surface area contributed by atoms with Gasteiger partial charge in [-0.25, -0.2) is 0 Å². The maximum absolute atomic E-state index is 3.67. The van der Waals surface area contributed by atoms with Crippen molar-refractivity contribution in [1.82, 2.24) is 5.32 Å². The second-order valence-electron chi connectivity index (χ2n) is 4.47. The molecular weight excluding hydrogens is 134 g/mol. The first kappa shape index (κ1) is 7.60. The van der Waals surface area contributed by atoms with E-state index in [1.807, 2.05) is 0 Å². The van der Waals surface area contributed by atoms with Gasteiger partial charge in [0.05, 0.1) is 0 Å². The maximum Gasteiger partial charge on any atom is 0.00698 e. The van der Waals surface area contributed by atoms with Crippen molar-refractivity contribution in [1.29, 1.82) is 0 Å². The van der Waals surface area contributed by atoms with Gasteiger partial charge in [0.2, 0.25) is 0 Å². The summed E-state index contributed by atoms with van der Waals surface area (Å²) in [5, 5.41) is 3.67. The minimum absolute atomic E-state index is 0.866. The Morgan fingerprint density at radius 1 is 1.18 bits per heavy atom. The minimum atomic E-state index is 0.866. The first-order valence-electron chi connectivity index (χ1n) is 5.08. The molecular formula is C10H19N. The van der Waals surface area contributed by atoms with Gasteiger partial charge in [0, 0.05) is 6.04 Å². The summed E-state index contributed by atoms with van der Waals surface area (Å²) < 4.78 is 0. The van der Waals surface area contributed by atoms with Crippen molar-refractivity contribution in [3.8, 4) is 0 Å². The van der Waals surface area contributed by atoms with Crippen LogP contribution in [-0.2, 0) is 0 Å². The largest absolute Gasteiger partial charge is 0.314 e. The van der Waals surface area contributed by atoms with E-state index in [-0.39, 0.29) is 0 Å². The molecule has 2 atom stereocenters. The van der Waals surface area contributed by atoms with Crippen molar-refractivity contribution >= 4 is 0 Å². The van der Waals surface area contributed by atoms with E-state index >= 15 is 0 Å². The third-order valence-corrected chi connectivity index (χ3v) is 3.09. The third-order valence-electron chi connectivity index (χ3n) is 3.09. The van der Waals surface area contributed by atoms with Gasteiger partial charge >= 0.3 is 0 Å². The second kappa shape index (κ2) is 3.14. The van der Waals surface area contributed by atoms with Crippen LogP contribution in [-0.4, -0.2) is 12.6 Å². The van der Waals surface area contributed by atoms with Crippen LogP contribution in [0.15, 0.2) is 0 Å². The lowest BCUT2D eigenvalue weighted by Crippen LogP contribution is -2.28. The Morgan fingerprint density at radius 3 is 2.55 bits per heavy atom. The average Bonchev–Trinajstić information content (AvgIpc) is 2.72. The summed E-state index contributed by atoms with van der Waals surface area (Å²) >= 11 is 0. The molecule has 0 spiro atoms. The quantitative estimate of drug-likeness (QED) is 0.655. The summed E-state index contributed by atoms with van der Waals surface area (Å²) in [6, 6.07) is 0.866. The third kappa shape index (κ3) is 2.19. The van der Waals surface area contributed by atoms with Crippen LogP contribution < -0.4 is 5.32 Å². The summed E-state index contributed by atoms with van der Waals surface area (Å²) in [6.45, 7) is 3.68. The molecule has 0 bridgehead atoms. The van der Waals surface area contributed by atoms with Crippen LogP contribution in [0.1, 0.15) is 39.0 Å². The fourth-order valence-corrected chi connectivity index (χ4v) is 2.05. The van der Waals surface area contributed by atoms with Crippen molar-refractivity contribution in [2.75, 3.05) is 6.54 Å². The van der Waals surface area contributed by atoms with Crippen LogP contribution in [0.4, 0.5) is 0 Å². The molecule has 1 heteroatoms. The monoisotopic (exact) mass is 153 g/mol. The van der Waals surface area contributed by atoms with Crippen LogP contribution in [0.3, 0.4) is 0 Å². The molecule has 0 aromatic carbocycles. The average molecular weight is 153 g/mol. The Labute approximate surface area is 69.6 Å². The molecule has 0 aromatic rings. The smallest absolute Gasteiger partial charge is 0.00698 e. The molecule has 0 heterocycles. The molecule has 2 aliphatic rings. The molecule has 2 aliphatic carbocycles. The predicted octanol–water partition coefficient (Wildman–Crippen LogP) is 2.17. The zero-order valence-corrected chi connectivity index (χ0v) is 7.47. The van der Waals surface area contributed by atoms with Crippen LogP contribution in [0.5, 0.6) is 0 Å². The summed E-state index contributed by atoms with van der Waals surface area (Å²) in [7, 11) is 0. The number of rotatable bonds is 3. The molecule has 2 rings (SSSR count). The molecule has 0 aromatic heterocycles. The lowest BCUT2D eigenvalue weighted by Gasteiger charge is -2.10. The maximum atomic E-state index is 3.67. The van der Waals surface area contributed by atoms with Gasteiger partial charge in [0.15, 0.2) is 0 Å². The van der Waals surface area contributed by atoms with E-state index in [2.05, 4.69) is 12.2 Å². The lowest BCUT2D eigenvalue weighted by molar-refractivity contribution is 0.490. The molecule has 0 amide bonds. The molecule has 64 valence electrons. The Bertz CT molecular complexity index is 129. The minimum Gasteiger partial charge on any atom is -0.314 e. The Balaban J connectivity index is 1.62. The molecule has 1 nitrogen and oxygen atoms in total. The van der Waals surface area contributed by atoms with Gasteiger partial charge < -0.3 is 5.32 Å². The van der Waals surface area contributed by atoms with Gasteiger partial charge in [-0.1, -0.05) is 6.92 Å². The van der Waals surface area contributed by atoms with Gasteiger partial charge in [0.1, 0.15) is 0 Å². The molecule has 11 heavy (non-hydrogen) atoms. The first-order chi connectivity index (χ1) is 5.34. The van der Waals surface area contributed by atoms with Crippen molar-refractivity contribution in [2.45, 2.75) is 45.1 Å². The summed E-state index contributed by atoms with van der Waals surface area (Å²) in [6.07, 6.45) is 7.26. The summed E-state index contributed by atoms with van der Waals surface area (Å²) in [5.74, 6) is 2.03. The first-order valence-corrected chi connectivity index (χ1v) is 5.08. The van der Waals surface area contributed by atoms with E-state index < -0.39 is 0 Å². The van der Waals surface area contributed by atoms with Crippen LogP contribution >= 0.6 is 0 Å². The number of nitrogens with one attached hydrogen (secondary N) is 1. The highest BCUT2D eigenvalue weighted by Gasteiger charge is 2.25. The zero-order valence-electron chi connectivity index (χ0n) is 7.47. The van der Waals surface area contributed by atoms with E-state index in [9.17, 15) is 0 Å². The van der Waals surface area contributed by atoms with Crippen molar-refractivity contribution in [3.05, 3.63) is 0 Å². The van der Waals surface area contributed by atoms with Crippen LogP contribution in [0, 0.1) is 11.8 Å². The fourth-order valence-electron chi connectivity index (χ4n) is 2.05. The summed E-state index contributed by atoms with van der Waals surface area (Å²) in [4.78, 5) is 0. The highest BCUT2D eigenvalue weighted by Crippen LogP contribution is 2.29. The molecule has 2 saturated carbocycles. The Morgan fingerprint density at radius 2 is 2.00 bits per heavy atom. The highest BCUT2D eigenvalue weighted by molar-refractivity contribution is 4.82. The standard InChI is InChI=1S/C10H19N/c1-8-2-5-10(6-8)11-7-9-3-4-9/h8-11H,2-7H2,1H3/t8-,10+/m0/s1. The topological polar surface area (TPSA) is 12.0 Å². The lowest BCUT2D eigenvalue weighted by atomic mass is 10.1. The fraction of sp³-hybridized carbons (Fsp3) is 1.00. The normalized spacial score (nSPS) is 37.9. The van der Waals surface area contributed by atoms with Gasteiger partial charge in [-0.05, 0) is 50.5 Å².